The van der Waals surface area contributed by atoms with E-state index in [1.54, 1.807) is 4.57 Å². The molecule has 0 aliphatic carbocycles. The van der Waals surface area contributed by atoms with Gasteiger partial charge in [0.15, 0.2) is 5.82 Å². The van der Waals surface area contributed by atoms with Crippen LogP contribution >= 0.6 is 0 Å². The molecule has 1 aromatic heterocycles. The first-order chi connectivity index (χ1) is 6.63. The number of hydrogen-bond donors (Lipinski definition) is 2. The zero-order valence-electron chi connectivity index (χ0n) is 7.90. The van der Waals surface area contributed by atoms with Gasteiger partial charge < -0.3 is 15.5 Å². The van der Waals surface area contributed by atoms with E-state index < -0.39 is 5.91 Å². The van der Waals surface area contributed by atoms with Crippen LogP contribution in [0.3, 0.4) is 0 Å². The average molecular weight is 196 g/mol. The van der Waals surface area contributed by atoms with Crippen LogP contribution in [0.15, 0.2) is 0 Å². The van der Waals surface area contributed by atoms with Crippen molar-refractivity contribution in [3.8, 4) is 0 Å². The molecule has 0 bridgehead atoms. The molecule has 1 aliphatic heterocycles. The van der Waals surface area contributed by atoms with E-state index in [0.717, 1.165) is 16.5 Å². The van der Waals surface area contributed by atoms with Gasteiger partial charge in [-0.3, -0.25) is 4.79 Å². The molecule has 0 saturated carbocycles. The number of primary amides is 1. The van der Waals surface area contributed by atoms with E-state index in [1.165, 1.54) is 0 Å². The number of nitrogens with zero attached hydrogens (tertiary/aromatic N) is 3. The van der Waals surface area contributed by atoms with Crippen molar-refractivity contribution in [2.75, 3.05) is 0 Å². The van der Waals surface area contributed by atoms with Gasteiger partial charge in [0.25, 0.3) is 5.91 Å². The van der Waals surface area contributed by atoms with Gasteiger partial charge in [0.1, 0.15) is 0 Å². The van der Waals surface area contributed by atoms with Crippen molar-refractivity contribution in [1.29, 1.82) is 0 Å². The summed E-state index contributed by atoms with van der Waals surface area (Å²) < 4.78 is 1.74. The molecular formula is C8H12N4O2. The van der Waals surface area contributed by atoms with Gasteiger partial charge >= 0.3 is 0 Å². The van der Waals surface area contributed by atoms with Crippen molar-refractivity contribution in [3.63, 3.8) is 0 Å². The lowest BCUT2D eigenvalue weighted by Crippen LogP contribution is -2.21. The molecule has 76 valence electrons. The number of carbonyl (C=O) groups excluding carboxylic acids is 1. The summed E-state index contributed by atoms with van der Waals surface area (Å²) in [5, 5.41) is 10.4. The smallest absolute Gasteiger partial charge is 0.284 e. The molecule has 14 heavy (non-hydrogen) atoms. The summed E-state index contributed by atoms with van der Waals surface area (Å²) in [5.41, 5.74) is 6.80. The second kappa shape index (κ2) is 3.07. The summed E-state index contributed by atoms with van der Waals surface area (Å²) in [6, 6.07) is 0. The second-order valence-corrected chi connectivity index (χ2v) is 3.26. The number of imidazole rings is 1. The molecule has 0 aromatic carbocycles. The minimum Gasteiger partial charge on any atom is -0.363 e. The quantitative estimate of drug-likeness (QED) is 0.680. The number of rotatable bonds is 2. The van der Waals surface area contributed by atoms with Crippen molar-refractivity contribution >= 4 is 5.91 Å². The highest BCUT2D eigenvalue weighted by Gasteiger charge is 2.26. The summed E-state index contributed by atoms with van der Waals surface area (Å²) in [5.74, 6) is -0.240. The molecule has 1 aliphatic rings. The van der Waals surface area contributed by atoms with E-state index in [4.69, 9.17) is 5.73 Å². The van der Waals surface area contributed by atoms with Crippen LogP contribution in [0.4, 0.5) is 0 Å². The summed E-state index contributed by atoms with van der Waals surface area (Å²) in [6.07, 6.45) is 0. The molecule has 2 heterocycles. The summed E-state index contributed by atoms with van der Waals surface area (Å²) >= 11 is 0. The standard InChI is InChI=1S/C8H12N4O2/c1-2-12-6-4-11(14)3-5(6)10-8(12)7(9)13/h14H,2-4H2,1H3,(H2,9,13). The number of amides is 1. The van der Waals surface area contributed by atoms with Gasteiger partial charge in [-0.05, 0) is 6.92 Å². The van der Waals surface area contributed by atoms with Gasteiger partial charge in [0.2, 0.25) is 0 Å². The fourth-order valence-corrected chi connectivity index (χ4v) is 1.77. The van der Waals surface area contributed by atoms with Crippen molar-refractivity contribution in [2.24, 2.45) is 5.73 Å². The van der Waals surface area contributed by atoms with Crippen molar-refractivity contribution in [3.05, 3.63) is 17.2 Å². The summed E-state index contributed by atoms with van der Waals surface area (Å²) in [4.78, 5) is 15.1. The second-order valence-electron chi connectivity index (χ2n) is 3.26. The molecule has 0 fully saturated rings. The van der Waals surface area contributed by atoms with Crippen molar-refractivity contribution in [2.45, 2.75) is 26.6 Å². The minimum atomic E-state index is -0.522. The first-order valence-corrected chi connectivity index (χ1v) is 4.45. The van der Waals surface area contributed by atoms with Crippen molar-refractivity contribution < 1.29 is 10.0 Å². The first-order valence-electron chi connectivity index (χ1n) is 4.45. The Labute approximate surface area is 80.9 Å². The van der Waals surface area contributed by atoms with E-state index in [9.17, 15) is 10.0 Å². The largest absolute Gasteiger partial charge is 0.363 e. The lowest BCUT2D eigenvalue weighted by molar-refractivity contribution is -0.0986. The molecule has 0 saturated heterocycles. The van der Waals surface area contributed by atoms with Gasteiger partial charge in [0, 0.05) is 6.54 Å². The molecule has 6 nitrogen and oxygen atoms in total. The van der Waals surface area contributed by atoms with E-state index in [-0.39, 0.29) is 5.82 Å². The van der Waals surface area contributed by atoms with Gasteiger partial charge in [-0.25, -0.2) is 4.98 Å². The Balaban J connectivity index is 2.48. The predicted molar refractivity (Wildman–Crippen MR) is 47.5 cm³/mol. The number of hydroxylamine groups is 2. The van der Waals surface area contributed by atoms with Crippen LogP contribution in [-0.4, -0.2) is 25.7 Å². The highest BCUT2D eigenvalue weighted by molar-refractivity contribution is 5.89. The third-order valence-corrected chi connectivity index (χ3v) is 2.36. The zero-order chi connectivity index (χ0) is 10.3. The topological polar surface area (TPSA) is 84.4 Å². The Hall–Kier alpha value is -1.40. The summed E-state index contributed by atoms with van der Waals surface area (Å²) in [6.45, 7) is 3.31. The number of hydrogen-bond acceptors (Lipinski definition) is 4. The van der Waals surface area contributed by atoms with Gasteiger partial charge in [0.05, 0.1) is 24.5 Å². The maximum absolute atomic E-state index is 11.0. The lowest BCUT2D eigenvalue weighted by atomic mass is 10.4. The summed E-state index contributed by atoms with van der Waals surface area (Å²) in [7, 11) is 0. The van der Waals surface area contributed by atoms with Crippen LogP contribution in [0.1, 0.15) is 28.9 Å². The molecule has 0 radical (unpaired) electrons. The zero-order valence-corrected chi connectivity index (χ0v) is 7.90. The maximum Gasteiger partial charge on any atom is 0.284 e. The monoisotopic (exact) mass is 196 g/mol. The number of nitrogens with two attached hydrogens (primary N) is 1. The third-order valence-electron chi connectivity index (χ3n) is 2.36. The predicted octanol–water partition coefficient (Wildman–Crippen LogP) is -0.293. The molecule has 0 spiro atoms. The van der Waals surface area contributed by atoms with Crippen LogP contribution in [0, 0.1) is 0 Å². The Morgan fingerprint density at radius 2 is 2.36 bits per heavy atom. The Morgan fingerprint density at radius 3 is 2.93 bits per heavy atom. The Kier molecular flexibility index (Phi) is 2.01. The first kappa shape index (κ1) is 9.17. The van der Waals surface area contributed by atoms with Crippen molar-refractivity contribution in [1.82, 2.24) is 14.6 Å². The maximum atomic E-state index is 11.0. The third kappa shape index (κ3) is 1.19. The van der Waals surface area contributed by atoms with Gasteiger partial charge in [-0.2, -0.15) is 5.06 Å². The van der Waals surface area contributed by atoms with Crippen LogP contribution < -0.4 is 5.73 Å². The molecule has 0 unspecified atom stereocenters. The number of carbonyl (C=O) groups is 1. The molecule has 0 atom stereocenters. The molecule has 3 N–H and O–H groups in total. The Morgan fingerprint density at radius 1 is 1.64 bits per heavy atom. The highest BCUT2D eigenvalue weighted by atomic mass is 16.5. The minimum absolute atomic E-state index is 0.283. The SMILES string of the molecule is CCn1c(C(N)=O)nc2c1CN(O)C2. The van der Waals surface area contributed by atoms with E-state index in [0.29, 0.717) is 19.6 Å². The number of aromatic nitrogens is 2. The average Bonchev–Trinajstić information content (AvgIpc) is 2.59. The highest BCUT2D eigenvalue weighted by Crippen LogP contribution is 2.21. The van der Waals surface area contributed by atoms with E-state index in [2.05, 4.69) is 4.98 Å². The van der Waals surface area contributed by atoms with Gasteiger partial charge in [-0.1, -0.05) is 0 Å². The fourth-order valence-electron chi connectivity index (χ4n) is 1.77. The fraction of sp³-hybridized carbons (Fsp3) is 0.500. The lowest BCUT2D eigenvalue weighted by Gasteiger charge is -2.08. The van der Waals surface area contributed by atoms with Crippen LogP contribution in [0.2, 0.25) is 0 Å². The normalized spacial score (nSPS) is 15.9. The molecular weight excluding hydrogens is 184 g/mol. The Bertz CT molecular complexity index is 385. The van der Waals surface area contributed by atoms with E-state index in [1.807, 2.05) is 6.92 Å². The number of fused-ring (bicyclic) bond motifs is 1. The van der Waals surface area contributed by atoms with E-state index >= 15 is 0 Å². The molecule has 1 amide bonds. The molecule has 2 rings (SSSR count). The van der Waals surface area contributed by atoms with Crippen LogP contribution in [-0.2, 0) is 19.6 Å². The van der Waals surface area contributed by atoms with Gasteiger partial charge in [-0.15, -0.1) is 0 Å². The molecule has 6 heteroatoms. The molecule has 1 aromatic rings. The van der Waals surface area contributed by atoms with Crippen LogP contribution in [0.5, 0.6) is 0 Å². The van der Waals surface area contributed by atoms with Crippen LogP contribution in [0.25, 0.3) is 0 Å².